The number of benzene rings is 2. The van der Waals surface area contributed by atoms with Crippen molar-refractivity contribution in [3.8, 4) is 5.75 Å². The number of ether oxygens (including phenoxy) is 3. The first-order valence-corrected chi connectivity index (χ1v) is 11.3. The maximum Gasteiger partial charge on any atom is 0.412 e. The molecule has 0 aliphatic heterocycles. The number of anilines is 1. The van der Waals surface area contributed by atoms with Gasteiger partial charge in [0.2, 0.25) is 0 Å². The summed E-state index contributed by atoms with van der Waals surface area (Å²) in [4.78, 5) is 35.0. The second-order valence-electron chi connectivity index (χ2n) is 7.54. The van der Waals surface area contributed by atoms with Crippen molar-refractivity contribution in [2.75, 3.05) is 25.1 Å². The molecule has 0 saturated heterocycles. The van der Waals surface area contributed by atoms with Crippen molar-refractivity contribution < 1.29 is 38.8 Å². The van der Waals surface area contributed by atoms with Crippen LogP contribution in [0.2, 0.25) is 0 Å². The van der Waals surface area contributed by atoms with Gasteiger partial charge in [0.1, 0.15) is 12.4 Å². The number of aliphatic hydroxyl groups excluding tert-OH is 1. The van der Waals surface area contributed by atoms with Crippen LogP contribution in [0.25, 0.3) is 0 Å². The number of aliphatic hydroxyl groups is 1. The molecule has 0 aliphatic carbocycles. The first-order valence-electron chi connectivity index (χ1n) is 11.3. The van der Waals surface area contributed by atoms with Crippen LogP contribution in [0.4, 0.5) is 10.5 Å². The van der Waals surface area contributed by atoms with Gasteiger partial charge < -0.3 is 24.4 Å². The van der Waals surface area contributed by atoms with E-state index in [9.17, 15) is 14.4 Å². The summed E-state index contributed by atoms with van der Waals surface area (Å²) in [5.41, 5.74) is 1.59. The number of carbonyl (C=O) groups excluding carboxylic acids is 2. The van der Waals surface area contributed by atoms with Gasteiger partial charge in [0.25, 0.3) is 0 Å². The lowest BCUT2D eigenvalue weighted by atomic mass is 10.00. The number of nitrogens with one attached hydrogen (secondary N) is 1. The van der Waals surface area contributed by atoms with Gasteiger partial charge in [-0.3, -0.25) is 10.1 Å². The van der Waals surface area contributed by atoms with Crippen LogP contribution >= 0.6 is 0 Å². The summed E-state index contributed by atoms with van der Waals surface area (Å²) in [6.45, 7) is 3.59. The zero-order valence-corrected chi connectivity index (χ0v) is 19.8. The number of ketones is 1. The highest BCUT2D eigenvalue weighted by Gasteiger charge is 2.28. The lowest BCUT2D eigenvalue weighted by Crippen LogP contribution is -2.29. The highest BCUT2D eigenvalue weighted by Crippen LogP contribution is 2.30. The van der Waals surface area contributed by atoms with Gasteiger partial charge in [-0.2, -0.15) is 0 Å². The molecule has 0 aromatic heterocycles. The van der Waals surface area contributed by atoms with Crippen molar-refractivity contribution in [1.82, 2.24) is 0 Å². The van der Waals surface area contributed by atoms with E-state index in [0.717, 1.165) is 6.08 Å². The number of hydrogen-bond donors (Lipinski definition) is 3. The normalized spacial score (nSPS) is 12.7. The van der Waals surface area contributed by atoms with Crippen molar-refractivity contribution in [2.45, 2.75) is 38.9 Å². The largest absolute Gasteiger partial charge is 0.491 e. The van der Waals surface area contributed by atoms with Gasteiger partial charge in [-0.05, 0) is 68.7 Å². The van der Waals surface area contributed by atoms with Crippen molar-refractivity contribution in [3.63, 3.8) is 0 Å². The molecule has 0 fully saturated rings. The molecular formula is C26H31NO8. The Balaban J connectivity index is 2.25. The number of hydrogen-bond acceptors (Lipinski definition) is 7. The molecule has 1 amide bonds. The molecule has 9 nitrogen and oxygen atoms in total. The molecule has 0 spiro atoms. The Morgan fingerprint density at radius 2 is 1.86 bits per heavy atom. The topological polar surface area (TPSA) is 131 Å². The van der Waals surface area contributed by atoms with Crippen LogP contribution in [0.15, 0.2) is 60.7 Å². The fourth-order valence-corrected chi connectivity index (χ4v) is 3.34. The van der Waals surface area contributed by atoms with Crippen LogP contribution in [0, 0.1) is 0 Å². The van der Waals surface area contributed by atoms with E-state index in [0.29, 0.717) is 42.0 Å². The van der Waals surface area contributed by atoms with Gasteiger partial charge in [-0.15, -0.1) is 0 Å². The highest BCUT2D eigenvalue weighted by molar-refractivity contribution is 5.95. The lowest BCUT2D eigenvalue weighted by molar-refractivity contribution is -0.131. The number of rotatable bonds is 14. The summed E-state index contributed by atoms with van der Waals surface area (Å²) < 4.78 is 17.1. The molecule has 9 heteroatoms. The molecule has 0 saturated carbocycles. The summed E-state index contributed by atoms with van der Waals surface area (Å²) in [7, 11) is 0. The Labute approximate surface area is 204 Å². The fraction of sp³-hybridized carbons (Fsp3) is 0.346. The van der Waals surface area contributed by atoms with E-state index in [1.54, 1.807) is 48.5 Å². The SMILES string of the molecule is CCO[C@@H](CC/C=C/C(=O)O)[C@@H](OC(=O)Nc1ccc(C(C)=O)cc1)c1cccc(OCCO)c1. The molecule has 0 heterocycles. The molecule has 35 heavy (non-hydrogen) atoms. The van der Waals surface area contributed by atoms with E-state index < -0.39 is 24.3 Å². The van der Waals surface area contributed by atoms with Gasteiger partial charge in [0.15, 0.2) is 11.9 Å². The molecule has 2 aromatic rings. The second-order valence-corrected chi connectivity index (χ2v) is 7.54. The number of carboxylic acid groups (broad SMARTS) is 1. The first kappa shape index (κ1) is 27.6. The van der Waals surface area contributed by atoms with Gasteiger partial charge in [0, 0.05) is 23.9 Å². The summed E-state index contributed by atoms with van der Waals surface area (Å²) in [6.07, 6.45) is 1.23. The van der Waals surface area contributed by atoms with E-state index in [1.165, 1.54) is 13.0 Å². The maximum atomic E-state index is 12.8. The van der Waals surface area contributed by atoms with Crippen LogP contribution in [0.1, 0.15) is 48.7 Å². The molecule has 2 aromatic carbocycles. The third-order valence-corrected chi connectivity index (χ3v) is 4.92. The van der Waals surface area contributed by atoms with Crippen LogP contribution in [0.3, 0.4) is 0 Å². The second kappa shape index (κ2) is 14.5. The smallest absolute Gasteiger partial charge is 0.412 e. The van der Waals surface area contributed by atoms with E-state index in [4.69, 9.17) is 24.4 Å². The van der Waals surface area contributed by atoms with Crippen molar-refractivity contribution in [1.29, 1.82) is 0 Å². The standard InChI is InChI=1S/C26H31NO8/c1-3-33-23(9-4-5-10-24(30)31)25(20-7-6-8-22(17-20)34-16-15-28)35-26(32)27-21-13-11-19(12-14-21)18(2)29/h5-8,10-14,17,23,25,28H,3-4,9,15-16H2,1-2H3,(H,27,32)(H,30,31)/b10-5+/t23-,25-/m0/s1. The minimum atomic E-state index is -1.05. The Kier molecular flexibility index (Phi) is 11.5. The van der Waals surface area contributed by atoms with Gasteiger partial charge in [-0.1, -0.05) is 18.2 Å². The molecule has 0 radical (unpaired) electrons. The van der Waals surface area contributed by atoms with E-state index in [-0.39, 0.29) is 19.0 Å². The lowest BCUT2D eigenvalue weighted by Gasteiger charge is -2.27. The zero-order valence-electron chi connectivity index (χ0n) is 19.8. The van der Waals surface area contributed by atoms with Gasteiger partial charge >= 0.3 is 12.1 Å². The van der Waals surface area contributed by atoms with E-state index >= 15 is 0 Å². The van der Waals surface area contributed by atoms with Crippen molar-refractivity contribution >= 4 is 23.5 Å². The molecule has 0 bridgehead atoms. The number of allylic oxidation sites excluding steroid dienone is 1. The Morgan fingerprint density at radius 3 is 2.49 bits per heavy atom. The molecule has 0 aliphatic rings. The summed E-state index contributed by atoms with van der Waals surface area (Å²) in [5, 5.41) is 20.5. The number of Topliss-reactive ketones (excluding diaryl/α,β-unsaturated/α-hetero) is 1. The average molecular weight is 486 g/mol. The number of carbonyl (C=O) groups is 3. The summed E-state index contributed by atoms with van der Waals surface area (Å²) in [6, 6.07) is 13.4. The van der Waals surface area contributed by atoms with Crippen LogP contribution < -0.4 is 10.1 Å². The van der Waals surface area contributed by atoms with Crippen molar-refractivity contribution in [3.05, 3.63) is 71.8 Å². The third-order valence-electron chi connectivity index (χ3n) is 4.92. The maximum absolute atomic E-state index is 12.8. The summed E-state index contributed by atoms with van der Waals surface area (Å²) >= 11 is 0. The third kappa shape index (κ3) is 9.60. The molecule has 188 valence electrons. The number of carboxylic acids is 1. The molecule has 0 unspecified atom stereocenters. The number of amides is 1. The fourth-order valence-electron chi connectivity index (χ4n) is 3.34. The average Bonchev–Trinajstić information content (AvgIpc) is 2.83. The molecule has 3 N–H and O–H groups in total. The predicted octanol–water partition coefficient (Wildman–Crippen LogP) is 4.38. The van der Waals surface area contributed by atoms with Crippen LogP contribution in [-0.2, 0) is 14.3 Å². The summed E-state index contributed by atoms with van der Waals surface area (Å²) in [5.74, 6) is -0.639. The van der Waals surface area contributed by atoms with Crippen LogP contribution in [0.5, 0.6) is 5.75 Å². The Hall–Kier alpha value is -3.69. The minimum Gasteiger partial charge on any atom is -0.491 e. The predicted molar refractivity (Wildman–Crippen MR) is 130 cm³/mol. The first-order chi connectivity index (χ1) is 16.8. The van der Waals surface area contributed by atoms with Crippen molar-refractivity contribution in [2.24, 2.45) is 0 Å². The molecule has 2 rings (SSSR count). The number of aliphatic carboxylic acids is 1. The van der Waals surface area contributed by atoms with Gasteiger partial charge in [0.05, 0.1) is 12.7 Å². The van der Waals surface area contributed by atoms with E-state index in [1.807, 2.05) is 6.92 Å². The zero-order chi connectivity index (χ0) is 25.6. The minimum absolute atomic E-state index is 0.0843. The Morgan fingerprint density at radius 1 is 1.11 bits per heavy atom. The molecule has 2 atom stereocenters. The Bertz CT molecular complexity index is 1000. The van der Waals surface area contributed by atoms with Crippen LogP contribution in [-0.4, -0.2) is 54.0 Å². The highest BCUT2D eigenvalue weighted by atomic mass is 16.6. The van der Waals surface area contributed by atoms with E-state index in [2.05, 4.69) is 5.32 Å². The molecular weight excluding hydrogens is 454 g/mol. The monoisotopic (exact) mass is 485 g/mol. The quantitative estimate of drug-likeness (QED) is 0.265. The van der Waals surface area contributed by atoms with Gasteiger partial charge in [-0.25, -0.2) is 9.59 Å².